The molecule has 0 radical (unpaired) electrons. The normalized spacial score (nSPS) is 15.4. The molecule has 1 N–H and O–H groups in total. The molecule has 3 aromatic rings. The van der Waals surface area contributed by atoms with Crippen molar-refractivity contribution in [2.75, 3.05) is 11.9 Å². The van der Waals surface area contributed by atoms with Gasteiger partial charge in [0, 0.05) is 17.3 Å². The molecule has 3 aromatic heterocycles. The minimum atomic E-state index is 0.744. The molecule has 0 spiro atoms. The van der Waals surface area contributed by atoms with Crippen LogP contribution in [0.1, 0.15) is 30.5 Å². The molecule has 0 amide bonds. The maximum Gasteiger partial charge on any atom is 0.166 e. The minimum absolute atomic E-state index is 0.744. The summed E-state index contributed by atoms with van der Waals surface area (Å²) in [5.41, 5.74) is 1.96. The molecule has 0 aliphatic heterocycles. The van der Waals surface area contributed by atoms with Crippen LogP contribution in [0, 0.1) is 19.8 Å². The van der Waals surface area contributed by atoms with Gasteiger partial charge in [0.15, 0.2) is 5.82 Å². The van der Waals surface area contributed by atoms with Crippen molar-refractivity contribution in [3.8, 4) is 0 Å². The van der Waals surface area contributed by atoms with Crippen LogP contribution < -0.4 is 5.32 Å². The number of fused-ring (bicyclic) bond motifs is 3. The number of nitrogens with one attached hydrogen (secondary N) is 1. The first kappa shape index (κ1) is 14.2. The van der Waals surface area contributed by atoms with Gasteiger partial charge in [-0.25, -0.2) is 4.98 Å². The first-order chi connectivity index (χ1) is 10.6. The van der Waals surface area contributed by atoms with Crippen LogP contribution >= 0.6 is 22.9 Å². The van der Waals surface area contributed by atoms with Crippen molar-refractivity contribution in [1.29, 1.82) is 0 Å². The zero-order chi connectivity index (χ0) is 15.3. The largest absolute Gasteiger partial charge is 0.367 e. The van der Waals surface area contributed by atoms with Gasteiger partial charge in [-0.3, -0.25) is 0 Å². The monoisotopic (exact) mass is 332 g/mol. The van der Waals surface area contributed by atoms with Crippen molar-refractivity contribution in [1.82, 2.24) is 15.2 Å². The van der Waals surface area contributed by atoms with E-state index in [4.69, 9.17) is 11.6 Å². The average molecular weight is 333 g/mol. The fourth-order valence-electron chi connectivity index (χ4n) is 3.00. The van der Waals surface area contributed by atoms with E-state index in [0.717, 1.165) is 54.9 Å². The number of aromatic nitrogens is 3. The number of thiophene rings is 1. The van der Waals surface area contributed by atoms with Gasteiger partial charge in [0.1, 0.15) is 4.83 Å². The van der Waals surface area contributed by atoms with Gasteiger partial charge in [0.25, 0.3) is 0 Å². The van der Waals surface area contributed by atoms with E-state index < -0.39 is 0 Å². The lowest BCUT2D eigenvalue weighted by Gasteiger charge is -2.25. The van der Waals surface area contributed by atoms with Gasteiger partial charge in [-0.2, -0.15) is 5.10 Å². The van der Waals surface area contributed by atoms with Crippen molar-refractivity contribution >= 4 is 49.1 Å². The second-order valence-corrected chi connectivity index (χ2v) is 7.41. The predicted molar refractivity (Wildman–Crippen MR) is 93.0 cm³/mol. The predicted octanol–water partition coefficient (Wildman–Crippen LogP) is 4.72. The van der Waals surface area contributed by atoms with E-state index in [1.165, 1.54) is 19.3 Å². The average Bonchev–Trinajstić information content (AvgIpc) is 2.82. The zero-order valence-corrected chi connectivity index (χ0v) is 14.2. The second kappa shape index (κ2) is 5.32. The number of nitrogens with zero attached hydrogens (tertiary/aromatic N) is 3. The maximum atomic E-state index is 6.37. The molecule has 1 fully saturated rings. The fourth-order valence-corrected chi connectivity index (χ4v) is 4.35. The Kier molecular flexibility index (Phi) is 3.42. The number of aryl methyl sites for hydroxylation is 2. The Balaban J connectivity index is 1.85. The SMILES string of the molecule is Cc1nc2sc3c(NCC4CCC4)nncc3c2c(C)c1Cl. The van der Waals surface area contributed by atoms with Crippen LogP contribution in [-0.2, 0) is 0 Å². The Morgan fingerprint density at radius 1 is 1.36 bits per heavy atom. The summed E-state index contributed by atoms with van der Waals surface area (Å²) in [6.07, 6.45) is 5.81. The maximum absolute atomic E-state index is 6.37. The van der Waals surface area contributed by atoms with Crippen molar-refractivity contribution in [3.63, 3.8) is 0 Å². The molecule has 1 saturated carbocycles. The van der Waals surface area contributed by atoms with Crippen LogP contribution in [0.3, 0.4) is 0 Å². The highest BCUT2D eigenvalue weighted by molar-refractivity contribution is 7.26. The Labute approximate surface area is 137 Å². The van der Waals surface area contributed by atoms with Crippen LogP contribution in [0.25, 0.3) is 20.3 Å². The quantitative estimate of drug-likeness (QED) is 0.753. The third-order valence-electron chi connectivity index (χ3n) is 4.56. The van der Waals surface area contributed by atoms with Gasteiger partial charge in [-0.05, 0) is 38.2 Å². The summed E-state index contributed by atoms with van der Waals surface area (Å²) >= 11 is 8.04. The molecule has 114 valence electrons. The highest BCUT2D eigenvalue weighted by atomic mass is 35.5. The van der Waals surface area contributed by atoms with E-state index in [-0.39, 0.29) is 0 Å². The van der Waals surface area contributed by atoms with E-state index in [2.05, 4.69) is 20.5 Å². The van der Waals surface area contributed by atoms with E-state index in [1.807, 2.05) is 20.0 Å². The first-order valence-corrected chi connectivity index (χ1v) is 8.79. The summed E-state index contributed by atoms with van der Waals surface area (Å²) in [4.78, 5) is 5.65. The van der Waals surface area contributed by atoms with E-state index in [9.17, 15) is 0 Å². The molecule has 0 atom stereocenters. The number of hydrogen-bond acceptors (Lipinski definition) is 5. The second-order valence-electron chi connectivity index (χ2n) is 6.03. The third kappa shape index (κ3) is 2.15. The molecule has 1 aliphatic carbocycles. The van der Waals surface area contributed by atoms with E-state index in [0.29, 0.717) is 0 Å². The fraction of sp³-hybridized carbons (Fsp3) is 0.438. The number of pyridine rings is 1. The number of rotatable bonds is 3. The van der Waals surface area contributed by atoms with Gasteiger partial charge in [-0.15, -0.1) is 16.4 Å². The van der Waals surface area contributed by atoms with Crippen LogP contribution in [0.2, 0.25) is 5.02 Å². The topological polar surface area (TPSA) is 50.7 Å². The van der Waals surface area contributed by atoms with Gasteiger partial charge < -0.3 is 5.32 Å². The van der Waals surface area contributed by atoms with E-state index >= 15 is 0 Å². The van der Waals surface area contributed by atoms with Crippen molar-refractivity contribution in [2.45, 2.75) is 33.1 Å². The van der Waals surface area contributed by atoms with Crippen LogP contribution in [0.4, 0.5) is 5.82 Å². The van der Waals surface area contributed by atoms with Crippen LogP contribution in [0.15, 0.2) is 6.20 Å². The van der Waals surface area contributed by atoms with Gasteiger partial charge in [-0.1, -0.05) is 18.0 Å². The minimum Gasteiger partial charge on any atom is -0.367 e. The molecule has 0 bridgehead atoms. The highest BCUT2D eigenvalue weighted by Crippen LogP contribution is 2.40. The molecule has 22 heavy (non-hydrogen) atoms. The summed E-state index contributed by atoms with van der Waals surface area (Å²) in [7, 11) is 0. The lowest BCUT2D eigenvalue weighted by atomic mass is 9.85. The van der Waals surface area contributed by atoms with Crippen LogP contribution in [0.5, 0.6) is 0 Å². The smallest absolute Gasteiger partial charge is 0.166 e. The number of anilines is 1. The molecular weight excluding hydrogens is 316 g/mol. The Hall–Kier alpha value is -1.46. The third-order valence-corrected chi connectivity index (χ3v) is 6.22. The summed E-state index contributed by atoms with van der Waals surface area (Å²) in [5.74, 6) is 1.66. The molecule has 0 saturated heterocycles. The molecule has 6 heteroatoms. The Bertz CT molecular complexity index is 870. The molecule has 0 unspecified atom stereocenters. The van der Waals surface area contributed by atoms with Gasteiger partial charge >= 0.3 is 0 Å². The summed E-state index contributed by atoms with van der Waals surface area (Å²) in [5, 5.41) is 14.9. The Morgan fingerprint density at radius 2 is 2.18 bits per heavy atom. The molecule has 1 aliphatic rings. The first-order valence-electron chi connectivity index (χ1n) is 7.59. The summed E-state index contributed by atoms with van der Waals surface area (Å²) in [6, 6.07) is 0. The van der Waals surface area contributed by atoms with E-state index in [1.54, 1.807) is 11.3 Å². The lowest BCUT2D eigenvalue weighted by Crippen LogP contribution is -2.21. The van der Waals surface area contributed by atoms with Crippen molar-refractivity contribution in [2.24, 2.45) is 5.92 Å². The van der Waals surface area contributed by atoms with Gasteiger partial charge in [0.2, 0.25) is 0 Å². The Morgan fingerprint density at radius 3 is 2.91 bits per heavy atom. The molecular formula is C16H17ClN4S. The highest BCUT2D eigenvalue weighted by Gasteiger charge is 2.19. The zero-order valence-electron chi connectivity index (χ0n) is 12.6. The molecule has 4 rings (SSSR count). The summed E-state index contributed by atoms with van der Waals surface area (Å²) < 4.78 is 1.13. The van der Waals surface area contributed by atoms with Gasteiger partial charge in [0.05, 0.1) is 21.6 Å². The standard InChI is InChI=1S/C16H17ClN4S/c1-8-12-11-7-19-21-15(18-6-10-4-3-5-10)14(11)22-16(12)20-9(2)13(8)17/h7,10H,3-6H2,1-2H3,(H,18,21). The van der Waals surface area contributed by atoms with Crippen molar-refractivity contribution in [3.05, 3.63) is 22.5 Å². The lowest BCUT2D eigenvalue weighted by molar-refractivity contribution is 0.333. The molecule has 0 aromatic carbocycles. The molecule has 3 heterocycles. The van der Waals surface area contributed by atoms with Crippen LogP contribution in [-0.4, -0.2) is 21.7 Å². The summed E-state index contributed by atoms with van der Waals surface area (Å²) in [6.45, 7) is 4.98. The molecule has 4 nitrogen and oxygen atoms in total. The number of halogens is 1. The number of hydrogen-bond donors (Lipinski definition) is 1. The van der Waals surface area contributed by atoms with Crippen molar-refractivity contribution < 1.29 is 0 Å².